The molecule has 4 nitrogen and oxygen atoms in total. The van der Waals surface area contributed by atoms with Gasteiger partial charge in [0.15, 0.2) is 8.32 Å². The van der Waals surface area contributed by atoms with Gasteiger partial charge in [-0.05, 0) is 64.6 Å². The average molecular weight is 462 g/mol. The smallest absolute Gasteiger partial charge is 0.192 e. The van der Waals surface area contributed by atoms with Crippen LogP contribution in [0.2, 0.25) is 18.1 Å². The van der Waals surface area contributed by atoms with Crippen LogP contribution in [0.3, 0.4) is 0 Å². The molecule has 2 bridgehead atoms. The van der Waals surface area contributed by atoms with E-state index in [1.807, 2.05) is 32.5 Å². The normalized spacial score (nSPS) is 31.9. The van der Waals surface area contributed by atoms with Crippen molar-refractivity contribution in [1.29, 1.82) is 0 Å². The summed E-state index contributed by atoms with van der Waals surface area (Å²) >= 11 is 0.834. The highest BCUT2D eigenvalue weighted by Crippen LogP contribution is 2.37. The van der Waals surface area contributed by atoms with E-state index in [1.54, 1.807) is 0 Å². The van der Waals surface area contributed by atoms with Crippen molar-refractivity contribution in [2.45, 2.75) is 108 Å². The van der Waals surface area contributed by atoms with E-state index in [-0.39, 0.29) is 27.4 Å². The van der Waals surface area contributed by atoms with Crippen molar-refractivity contribution < 1.29 is 13.7 Å². The maximum Gasteiger partial charge on any atom is 0.192 e. The molecule has 7 heteroatoms. The molecule has 0 aliphatic carbocycles. The first-order chi connectivity index (χ1) is 13.3. The number of nitrogens with one attached hydrogen (secondary N) is 1. The highest BCUT2D eigenvalue weighted by atomic mass is 32.2. The molecule has 0 aromatic rings. The predicted molar refractivity (Wildman–Crippen MR) is 130 cm³/mol. The Bertz CT molecular complexity index is 545. The van der Waals surface area contributed by atoms with Gasteiger partial charge in [-0.15, -0.1) is 16.5 Å². The first-order valence-electron chi connectivity index (χ1n) is 11.1. The van der Waals surface area contributed by atoms with Crippen LogP contribution in [0.4, 0.5) is 0 Å². The van der Waals surface area contributed by atoms with Gasteiger partial charge in [0, 0.05) is 29.6 Å². The Morgan fingerprint density at radius 3 is 2.52 bits per heavy atom. The van der Waals surface area contributed by atoms with Crippen molar-refractivity contribution in [3.8, 4) is 0 Å². The number of ether oxygens (including phenoxy) is 1. The molecule has 1 N–H and O–H groups in total. The predicted octanol–water partition coefficient (Wildman–Crippen LogP) is 5.63. The van der Waals surface area contributed by atoms with Gasteiger partial charge in [0.25, 0.3) is 0 Å². The number of fused-ring (bicyclic) bond motifs is 2. The minimum atomic E-state index is -1.75. The molecule has 0 radical (unpaired) electrons. The highest BCUT2D eigenvalue weighted by molar-refractivity contribution is 7.99. The molecular formula is C22H43NO3S2Si. The molecule has 0 amide bonds. The SMILES string of the molecule is CC(C)(C)[S@@+]([O-])N[C@@H]1C/C=C/C(CO[Si](C)(C)C(C)(C)C)CS[C@@H]2CCC[C@H]1O2. The molecule has 170 valence electrons. The van der Waals surface area contributed by atoms with Gasteiger partial charge in [-0.3, -0.25) is 0 Å². The van der Waals surface area contributed by atoms with Crippen LogP contribution in [0.25, 0.3) is 0 Å². The third-order valence-electron chi connectivity index (χ3n) is 6.28. The molecule has 2 aliphatic heterocycles. The van der Waals surface area contributed by atoms with E-state index in [2.05, 4.69) is 50.7 Å². The molecule has 2 aliphatic rings. The molecule has 5 atom stereocenters. The van der Waals surface area contributed by atoms with Crippen LogP contribution in [-0.2, 0) is 20.5 Å². The third kappa shape index (κ3) is 7.85. The Morgan fingerprint density at radius 2 is 1.90 bits per heavy atom. The summed E-state index contributed by atoms with van der Waals surface area (Å²) < 4.78 is 28.8. The van der Waals surface area contributed by atoms with Crippen molar-refractivity contribution in [1.82, 2.24) is 4.72 Å². The Morgan fingerprint density at radius 1 is 1.21 bits per heavy atom. The number of hydrogen-bond donors (Lipinski definition) is 1. The first-order valence-corrected chi connectivity index (χ1v) is 16.2. The molecule has 0 aromatic carbocycles. The third-order valence-corrected chi connectivity index (χ3v) is 13.7. The van der Waals surface area contributed by atoms with E-state index in [0.29, 0.717) is 5.92 Å². The van der Waals surface area contributed by atoms with Crippen molar-refractivity contribution in [2.75, 3.05) is 12.4 Å². The van der Waals surface area contributed by atoms with Gasteiger partial charge < -0.3 is 13.7 Å². The maximum atomic E-state index is 12.7. The van der Waals surface area contributed by atoms with E-state index >= 15 is 0 Å². The molecule has 1 unspecified atom stereocenters. The summed E-state index contributed by atoms with van der Waals surface area (Å²) in [4.78, 5) is 0. The van der Waals surface area contributed by atoms with E-state index in [9.17, 15) is 4.55 Å². The van der Waals surface area contributed by atoms with Crippen LogP contribution in [0.5, 0.6) is 0 Å². The molecule has 0 spiro atoms. The largest absolute Gasteiger partial charge is 0.598 e. The fourth-order valence-electron chi connectivity index (χ4n) is 3.17. The minimum Gasteiger partial charge on any atom is -0.598 e. The zero-order chi connectivity index (χ0) is 21.9. The second-order valence-corrected chi connectivity index (χ2v) is 19.0. The van der Waals surface area contributed by atoms with Crippen LogP contribution < -0.4 is 4.72 Å². The van der Waals surface area contributed by atoms with Crippen molar-refractivity contribution in [3.05, 3.63) is 12.2 Å². The second-order valence-electron chi connectivity index (χ2n) is 11.0. The Kier molecular flexibility index (Phi) is 9.24. The second kappa shape index (κ2) is 10.4. The molecule has 1 fully saturated rings. The van der Waals surface area contributed by atoms with E-state index in [0.717, 1.165) is 31.6 Å². The summed E-state index contributed by atoms with van der Waals surface area (Å²) in [6.45, 7) is 18.3. The molecular weight excluding hydrogens is 418 g/mol. The topological polar surface area (TPSA) is 53.5 Å². The summed E-state index contributed by atoms with van der Waals surface area (Å²) in [5, 5.41) is 0.228. The van der Waals surface area contributed by atoms with Gasteiger partial charge in [-0.2, -0.15) is 0 Å². The fraction of sp³-hybridized carbons (Fsp3) is 0.909. The van der Waals surface area contributed by atoms with E-state index in [1.165, 1.54) is 6.42 Å². The molecule has 1 saturated heterocycles. The van der Waals surface area contributed by atoms with Crippen LogP contribution in [0, 0.1) is 5.92 Å². The van der Waals surface area contributed by atoms with Gasteiger partial charge in [0.2, 0.25) is 0 Å². The highest BCUT2D eigenvalue weighted by Gasteiger charge is 2.38. The van der Waals surface area contributed by atoms with Crippen LogP contribution >= 0.6 is 11.8 Å². The Hall–Kier alpha value is 0.497. The lowest BCUT2D eigenvalue weighted by Crippen LogP contribution is -2.51. The first kappa shape index (κ1) is 25.8. The Labute approximate surface area is 187 Å². The molecule has 2 heterocycles. The quantitative estimate of drug-likeness (QED) is 0.326. The van der Waals surface area contributed by atoms with E-state index in [4.69, 9.17) is 9.16 Å². The van der Waals surface area contributed by atoms with Gasteiger partial charge in [-0.1, -0.05) is 32.9 Å². The van der Waals surface area contributed by atoms with Crippen LogP contribution in [0.1, 0.15) is 67.2 Å². The monoisotopic (exact) mass is 461 g/mol. The van der Waals surface area contributed by atoms with Gasteiger partial charge >= 0.3 is 0 Å². The number of rotatable bonds is 5. The molecule has 0 aromatic heterocycles. The zero-order valence-corrected chi connectivity index (χ0v) is 22.4. The summed E-state index contributed by atoms with van der Waals surface area (Å²) in [7, 11) is -1.75. The standard InChI is InChI=1S/C22H43NO3S2Si/c1-21(2,3)28(24)23-18-12-9-11-17(15-25-29(7,8)22(4,5)6)16-27-20-14-10-13-19(18)26-20/h9,11,17-20,23H,10,12-16H2,1-8H3/b11-9+/t17?,18-,19-,20-,28-/m1/s1. The number of hydrogen-bond acceptors (Lipinski definition) is 5. The van der Waals surface area contributed by atoms with Crippen molar-refractivity contribution in [2.24, 2.45) is 5.92 Å². The lowest BCUT2D eigenvalue weighted by molar-refractivity contribution is -0.0208. The van der Waals surface area contributed by atoms with Crippen LogP contribution in [-0.4, -0.2) is 47.6 Å². The average Bonchev–Trinajstić information content (AvgIpc) is 2.60. The van der Waals surface area contributed by atoms with Gasteiger partial charge in [0.1, 0.15) is 10.2 Å². The minimum absolute atomic E-state index is 0.0924. The fourth-order valence-corrected chi connectivity index (χ4v) is 6.33. The molecule has 29 heavy (non-hydrogen) atoms. The van der Waals surface area contributed by atoms with Crippen molar-refractivity contribution in [3.63, 3.8) is 0 Å². The lowest BCUT2D eigenvalue weighted by Gasteiger charge is -2.38. The van der Waals surface area contributed by atoms with Gasteiger partial charge in [-0.25, -0.2) is 0 Å². The van der Waals surface area contributed by atoms with Crippen LogP contribution in [0.15, 0.2) is 12.2 Å². The lowest BCUT2D eigenvalue weighted by atomic mass is 9.99. The van der Waals surface area contributed by atoms with Gasteiger partial charge in [0.05, 0.1) is 12.1 Å². The Balaban J connectivity index is 2.07. The van der Waals surface area contributed by atoms with Crippen molar-refractivity contribution >= 4 is 31.4 Å². The maximum absolute atomic E-state index is 12.7. The number of thioether (sulfide) groups is 1. The summed E-state index contributed by atoms with van der Waals surface area (Å²) in [6, 6.07) is 0.0924. The summed E-state index contributed by atoms with van der Waals surface area (Å²) in [6.07, 6.45) is 8.90. The summed E-state index contributed by atoms with van der Waals surface area (Å²) in [5.74, 6) is 1.43. The zero-order valence-electron chi connectivity index (χ0n) is 19.7. The molecule has 0 saturated carbocycles. The van der Waals surface area contributed by atoms with E-state index < -0.39 is 19.7 Å². The molecule has 2 rings (SSSR count). The summed E-state index contributed by atoms with van der Waals surface area (Å²) in [5.41, 5.74) is 0.239.